The Labute approximate surface area is 117 Å². The Kier molecular flexibility index (Phi) is 2.69. The highest BCUT2D eigenvalue weighted by atomic mass is 16.7. The van der Waals surface area contributed by atoms with Crippen LogP contribution < -0.4 is 9.47 Å². The number of esters is 1. The van der Waals surface area contributed by atoms with Gasteiger partial charge in [0.1, 0.15) is 0 Å². The smallest absolute Gasteiger partial charge is 0.310 e. The summed E-state index contributed by atoms with van der Waals surface area (Å²) in [7, 11) is 0. The van der Waals surface area contributed by atoms with Crippen molar-refractivity contribution in [2.45, 2.75) is 18.8 Å². The molecule has 0 N–H and O–H groups in total. The lowest BCUT2D eigenvalue weighted by molar-refractivity contribution is -0.156. The molecule has 2 aliphatic heterocycles. The highest BCUT2D eigenvalue weighted by Crippen LogP contribution is 2.44. The predicted octanol–water partition coefficient (Wildman–Crippen LogP) is 2.64. The van der Waals surface area contributed by atoms with Gasteiger partial charge >= 0.3 is 5.97 Å². The van der Waals surface area contributed by atoms with Crippen LogP contribution in [0.2, 0.25) is 0 Å². The number of allylic oxidation sites excluding steroid dienone is 2. The van der Waals surface area contributed by atoms with Gasteiger partial charge in [0.05, 0.1) is 12.5 Å². The first-order valence-electron chi connectivity index (χ1n) is 7.06. The topological polar surface area (TPSA) is 44.8 Å². The van der Waals surface area contributed by atoms with E-state index in [1.807, 2.05) is 18.2 Å². The number of fused-ring (bicyclic) bond motifs is 2. The summed E-state index contributed by atoms with van der Waals surface area (Å²) in [5, 5.41) is 0. The average Bonchev–Trinajstić information content (AvgIpc) is 2.94. The van der Waals surface area contributed by atoms with Crippen molar-refractivity contribution in [2.24, 2.45) is 11.8 Å². The zero-order chi connectivity index (χ0) is 13.5. The summed E-state index contributed by atoms with van der Waals surface area (Å²) in [4.78, 5) is 12.1. The lowest BCUT2D eigenvalue weighted by Gasteiger charge is -2.36. The molecule has 0 unspecified atom stereocenters. The van der Waals surface area contributed by atoms with Gasteiger partial charge in [-0.15, -0.1) is 0 Å². The van der Waals surface area contributed by atoms with Crippen molar-refractivity contribution < 1.29 is 19.0 Å². The fourth-order valence-electron chi connectivity index (χ4n) is 3.46. The maximum Gasteiger partial charge on any atom is 0.310 e. The minimum Gasteiger partial charge on any atom is -0.465 e. The molecule has 4 nitrogen and oxygen atoms in total. The Balaban J connectivity index is 1.70. The number of benzene rings is 1. The lowest BCUT2D eigenvalue weighted by atomic mass is 9.71. The number of cyclic esters (lactones) is 1. The number of hydrogen-bond acceptors (Lipinski definition) is 4. The Bertz CT molecular complexity index is 578. The fraction of sp³-hybridized carbons (Fsp3) is 0.438. The van der Waals surface area contributed by atoms with E-state index in [0.29, 0.717) is 12.5 Å². The van der Waals surface area contributed by atoms with Crippen molar-refractivity contribution in [3.8, 4) is 11.5 Å². The van der Waals surface area contributed by atoms with Gasteiger partial charge in [0.15, 0.2) is 11.5 Å². The van der Waals surface area contributed by atoms with E-state index in [1.54, 1.807) is 0 Å². The molecule has 1 aromatic carbocycles. The van der Waals surface area contributed by atoms with E-state index in [1.165, 1.54) is 0 Å². The number of carbonyl (C=O) groups excluding carboxylic acids is 1. The Morgan fingerprint density at radius 2 is 2.00 bits per heavy atom. The van der Waals surface area contributed by atoms with Crippen LogP contribution in [0.25, 0.3) is 0 Å². The zero-order valence-electron chi connectivity index (χ0n) is 11.1. The molecule has 3 aliphatic rings. The molecule has 3 atom stereocenters. The van der Waals surface area contributed by atoms with E-state index in [-0.39, 0.29) is 24.6 Å². The van der Waals surface area contributed by atoms with Crippen LogP contribution in [0.4, 0.5) is 0 Å². The largest absolute Gasteiger partial charge is 0.465 e. The Morgan fingerprint density at radius 3 is 2.95 bits per heavy atom. The second-order valence-electron chi connectivity index (χ2n) is 5.53. The van der Waals surface area contributed by atoms with Crippen molar-refractivity contribution in [1.29, 1.82) is 0 Å². The van der Waals surface area contributed by atoms with Gasteiger partial charge < -0.3 is 14.2 Å². The molecule has 2 heterocycles. The van der Waals surface area contributed by atoms with E-state index < -0.39 is 0 Å². The van der Waals surface area contributed by atoms with E-state index in [9.17, 15) is 4.79 Å². The van der Waals surface area contributed by atoms with Crippen LogP contribution in [0.5, 0.6) is 11.5 Å². The molecule has 1 fully saturated rings. The molecule has 4 rings (SSSR count). The van der Waals surface area contributed by atoms with Crippen LogP contribution in [0.15, 0.2) is 30.4 Å². The molecular formula is C16H16O4. The number of carbonyl (C=O) groups is 1. The third kappa shape index (κ3) is 1.79. The third-order valence-electron chi connectivity index (χ3n) is 4.46. The van der Waals surface area contributed by atoms with E-state index in [4.69, 9.17) is 14.2 Å². The van der Waals surface area contributed by atoms with Crippen LogP contribution in [0, 0.1) is 11.8 Å². The normalized spacial score (nSPS) is 30.8. The van der Waals surface area contributed by atoms with Crippen molar-refractivity contribution >= 4 is 5.97 Å². The quantitative estimate of drug-likeness (QED) is 0.582. The first kappa shape index (κ1) is 11.8. The molecule has 20 heavy (non-hydrogen) atoms. The molecule has 1 aromatic rings. The molecular weight excluding hydrogens is 256 g/mol. The second-order valence-corrected chi connectivity index (χ2v) is 5.53. The molecule has 0 saturated carbocycles. The molecule has 0 bridgehead atoms. The van der Waals surface area contributed by atoms with Crippen molar-refractivity contribution in [1.82, 2.24) is 0 Å². The summed E-state index contributed by atoms with van der Waals surface area (Å²) in [6, 6.07) is 5.97. The maximum atomic E-state index is 12.1. The van der Waals surface area contributed by atoms with Gasteiger partial charge in [0, 0.05) is 5.92 Å². The summed E-state index contributed by atoms with van der Waals surface area (Å²) in [5.74, 6) is 1.91. The van der Waals surface area contributed by atoms with Crippen LogP contribution in [0.3, 0.4) is 0 Å². The van der Waals surface area contributed by atoms with E-state index >= 15 is 0 Å². The highest BCUT2D eigenvalue weighted by molar-refractivity contribution is 5.75. The fourth-order valence-corrected chi connectivity index (χ4v) is 3.46. The summed E-state index contributed by atoms with van der Waals surface area (Å²) in [5.41, 5.74) is 1.13. The maximum absolute atomic E-state index is 12.1. The van der Waals surface area contributed by atoms with Crippen LogP contribution >= 0.6 is 0 Å². The highest BCUT2D eigenvalue weighted by Gasteiger charge is 2.40. The lowest BCUT2D eigenvalue weighted by Crippen LogP contribution is -2.37. The first-order valence-corrected chi connectivity index (χ1v) is 7.06. The summed E-state index contributed by atoms with van der Waals surface area (Å²) < 4.78 is 16.0. The van der Waals surface area contributed by atoms with Crippen molar-refractivity contribution in [3.63, 3.8) is 0 Å². The van der Waals surface area contributed by atoms with Crippen molar-refractivity contribution in [2.75, 3.05) is 13.4 Å². The molecule has 4 heteroatoms. The zero-order valence-corrected chi connectivity index (χ0v) is 11.1. The molecule has 0 aromatic heterocycles. The molecule has 0 amide bonds. The van der Waals surface area contributed by atoms with Gasteiger partial charge in [0.25, 0.3) is 0 Å². The van der Waals surface area contributed by atoms with Crippen LogP contribution in [-0.4, -0.2) is 19.4 Å². The monoisotopic (exact) mass is 272 g/mol. The Hall–Kier alpha value is -1.97. The van der Waals surface area contributed by atoms with Gasteiger partial charge in [-0.05, 0) is 36.5 Å². The van der Waals surface area contributed by atoms with Gasteiger partial charge in [-0.25, -0.2) is 0 Å². The van der Waals surface area contributed by atoms with Gasteiger partial charge in [-0.2, -0.15) is 0 Å². The van der Waals surface area contributed by atoms with Gasteiger partial charge in [-0.1, -0.05) is 18.2 Å². The minimum absolute atomic E-state index is 0.0610. The number of rotatable bonds is 1. The van der Waals surface area contributed by atoms with Crippen molar-refractivity contribution in [3.05, 3.63) is 35.9 Å². The van der Waals surface area contributed by atoms with Gasteiger partial charge in [0.2, 0.25) is 6.79 Å². The summed E-state index contributed by atoms with van der Waals surface area (Å²) in [6.45, 7) is 0.815. The number of ether oxygens (including phenoxy) is 3. The minimum atomic E-state index is -0.0618. The number of hydrogen-bond donors (Lipinski definition) is 0. The molecule has 0 radical (unpaired) electrons. The van der Waals surface area contributed by atoms with Crippen LogP contribution in [0.1, 0.15) is 24.3 Å². The summed E-state index contributed by atoms with van der Waals surface area (Å²) in [6.07, 6.45) is 6.16. The summed E-state index contributed by atoms with van der Waals surface area (Å²) >= 11 is 0. The van der Waals surface area contributed by atoms with E-state index in [0.717, 1.165) is 29.9 Å². The SMILES string of the molecule is O=C1OCC[C@@H]2C=CC[C@@H](c3ccc4c(c3)OCO4)[C@H]12. The molecule has 104 valence electrons. The Morgan fingerprint density at radius 1 is 1.10 bits per heavy atom. The molecule has 0 spiro atoms. The second kappa shape index (κ2) is 4.54. The third-order valence-corrected chi connectivity index (χ3v) is 4.46. The molecule has 1 aliphatic carbocycles. The van der Waals surface area contributed by atoms with Crippen LogP contribution in [-0.2, 0) is 9.53 Å². The average molecular weight is 272 g/mol. The van der Waals surface area contributed by atoms with Gasteiger partial charge in [-0.3, -0.25) is 4.79 Å². The predicted molar refractivity (Wildman–Crippen MR) is 71.6 cm³/mol. The first-order chi connectivity index (χ1) is 9.83. The molecule has 1 saturated heterocycles. The van der Waals surface area contributed by atoms with E-state index in [2.05, 4.69) is 12.2 Å². The standard InChI is InChI=1S/C16H16O4/c17-16-15-10(6-7-18-16)2-1-3-12(15)11-4-5-13-14(8-11)20-9-19-13/h1-2,4-5,8,10,12,15H,3,6-7,9H2/t10-,12-,15+/m0/s1.